The van der Waals surface area contributed by atoms with E-state index in [1.54, 1.807) is 42.5 Å². The first-order valence-corrected chi connectivity index (χ1v) is 8.22. The van der Waals surface area contributed by atoms with Crippen molar-refractivity contribution in [3.8, 4) is 5.75 Å². The monoisotopic (exact) mass is 373 g/mol. The van der Waals surface area contributed by atoms with Gasteiger partial charge in [0.05, 0.1) is 23.9 Å². The molecule has 26 heavy (non-hydrogen) atoms. The zero-order valence-corrected chi connectivity index (χ0v) is 14.7. The van der Waals surface area contributed by atoms with Gasteiger partial charge in [0, 0.05) is 18.1 Å². The number of urea groups is 1. The number of fused-ring (bicyclic) bond motifs is 1. The molecule has 7 nitrogen and oxygen atoms in total. The minimum atomic E-state index is -0.498. The number of carbonyl (C=O) groups is 3. The summed E-state index contributed by atoms with van der Waals surface area (Å²) in [5.74, 6) is -0.251. The molecule has 0 spiro atoms. The number of amides is 4. The van der Waals surface area contributed by atoms with Crippen LogP contribution >= 0.6 is 11.6 Å². The Hall–Kier alpha value is -3.06. The fourth-order valence-electron chi connectivity index (χ4n) is 2.67. The highest BCUT2D eigenvalue weighted by atomic mass is 35.5. The fraction of sp³-hybridized carbons (Fsp3) is 0.167. The van der Waals surface area contributed by atoms with E-state index in [0.29, 0.717) is 27.6 Å². The molecule has 134 valence electrons. The average Bonchev–Trinajstić information content (AvgIpc) is 2.87. The maximum atomic E-state index is 12.2. The quantitative estimate of drug-likeness (QED) is 0.789. The van der Waals surface area contributed by atoms with Crippen LogP contribution in [0, 0.1) is 0 Å². The van der Waals surface area contributed by atoms with Gasteiger partial charge in [0.1, 0.15) is 5.75 Å². The lowest BCUT2D eigenvalue weighted by atomic mass is 10.1. The Balaban J connectivity index is 1.56. The van der Waals surface area contributed by atoms with E-state index in [2.05, 4.69) is 10.6 Å². The smallest absolute Gasteiger partial charge is 0.319 e. The standard InChI is InChI=1S/C18H16ClN3O4/c1-26-15-7-6-11(19)10-14(15)21-18(25)20-8-9-22-16(23)12-4-2-3-5-13(12)17(22)24/h2-7,10H,8-9H2,1H3,(H2,20,21,25). The number of benzene rings is 2. The molecule has 0 fully saturated rings. The maximum Gasteiger partial charge on any atom is 0.319 e. The molecule has 0 atom stereocenters. The van der Waals surface area contributed by atoms with E-state index in [4.69, 9.17) is 16.3 Å². The Labute approximate surface area is 154 Å². The molecule has 0 bridgehead atoms. The predicted molar refractivity (Wildman–Crippen MR) is 96.8 cm³/mol. The van der Waals surface area contributed by atoms with Crippen LogP contribution in [0.4, 0.5) is 10.5 Å². The third-order valence-corrected chi connectivity index (χ3v) is 4.14. The molecule has 4 amide bonds. The van der Waals surface area contributed by atoms with Gasteiger partial charge in [-0.3, -0.25) is 14.5 Å². The number of methoxy groups -OCH3 is 1. The van der Waals surface area contributed by atoms with Crippen LogP contribution < -0.4 is 15.4 Å². The fourth-order valence-corrected chi connectivity index (χ4v) is 2.84. The summed E-state index contributed by atoms with van der Waals surface area (Å²) >= 11 is 5.92. The lowest BCUT2D eigenvalue weighted by Crippen LogP contribution is -2.39. The van der Waals surface area contributed by atoms with E-state index in [0.717, 1.165) is 4.90 Å². The summed E-state index contributed by atoms with van der Waals surface area (Å²) in [6, 6.07) is 11.0. The Kier molecular flexibility index (Phi) is 5.09. The molecule has 0 radical (unpaired) electrons. The second-order valence-electron chi connectivity index (χ2n) is 5.53. The Morgan fingerprint density at radius 3 is 2.38 bits per heavy atom. The molecule has 0 saturated carbocycles. The van der Waals surface area contributed by atoms with Gasteiger partial charge in [-0.1, -0.05) is 23.7 Å². The molecule has 1 heterocycles. The van der Waals surface area contributed by atoms with Crippen LogP contribution in [0.5, 0.6) is 5.75 Å². The van der Waals surface area contributed by atoms with Crippen molar-refractivity contribution < 1.29 is 19.1 Å². The number of nitrogens with zero attached hydrogens (tertiary/aromatic N) is 1. The van der Waals surface area contributed by atoms with E-state index in [1.165, 1.54) is 7.11 Å². The molecular weight excluding hydrogens is 358 g/mol. The van der Waals surface area contributed by atoms with Gasteiger partial charge in [0.15, 0.2) is 0 Å². The van der Waals surface area contributed by atoms with Gasteiger partial charge in [-0.25, -0.2) is 4.79 Å². The zero-order chi connectivity index (χ0) is 18.7. The lowest BCUT2D eigenvalue weighted by molar-refractivity contribution is 0.0656. The minimum Gasteiger partial charge on any atom is -0.495 e. The summed E-state index contributed by atoms with van der Waals surface area (Å²) in [5.41, 5.74) is 1.18. The Morgan fingerprint density at radius 2 is 1.77 bits per heavy atom. The summed E-state index contributed by atoms with van der Waals surface area (Å²) in [5, 5.41) is 5.67. The lowest BCUT2D eigenvalue weighted by Gasteiger charge is -2.15. The number of hydrogen-bond acceptors (Lipinski definition) is 4. The van der Waals surface area contributed by atoms with E-state index in [1.807, 2.05) is 0 Å². The molecule has 3 rings (SSSR count). The first-order chi connectivity index (χ1) is 12.5. The van der Waals surface area contributed by atoms with Crippen molar-refractivity contribution in [1.82, 2.24) is 10.2 Å². The van der Waals surface area contributed by atoms with Crippen LogP contribution in [-0.4, -0.2) is 42.9 Å². The van der Waals surface area contributed by atoms with Crippen molar-refractivity contribution in [2.24, 2.45) is 0 Å². The first-order valence-electron chi connectivity index (χ1n) is 7.85. The van der Waals surface area contributed by atoms with Crippen molar-refractivity contribution in [3.63, 3.8) is 0 Å². The van der Waals surface area contributed by atoms with E-state index in [-0.39, 0.29) is 24.9 Å². The molecule has 1 aliphatic heterocycles. The van der Waals surface area contributed by atoms with E-state index >= 15 is 0 Å². The van der Waals surface area contributed by atoms with Crippen molar-refractivity contribution in [2.75, 3.05) is 25.5 Å². The molecule has 2 aromatic carbocycles. The van der Waals surface area contributed by atoms with Crippen molar-refractivity contribution in [3.05, 3.63) is 58.6 Å². The first kappa shape index (κ1) is 17.8. The summed E-state index contributed by atoms with van der Waals surface area (Å²) < 4.78 is 5.15. The predicted octanol–water partition coefficient (Wildman–Crippen LogP) is 2.77. The van der Waals surface area contributed by atoms with Crippen LogP contribution in [0.3, 0.4) is 0 Å². The number of nitrogens with one attached hydrogen (secondary N) is 2. The van der Waals surface area contributed by atoms with Crippen LogP contribution in [-0.2, 0) is 0 Å². The average molecular weight is 374 g/mol. The second kappa shape index (κ2) is 7.45. The third-order valence-electron chi connectivity index (χ3n) is 3.91. The molecule has 0 saturated heterocycles. The highest BCUT2D eigenvalue weighted by molar-refractivity contribution is 6.31. The molecule has 0 unspecified atom stereocenters. The van der Waals surface area contributed by atoms with Gasteiger partial charge in [-0.2, -0.15) is 0 Å². The maximum absolute atomic E-state index is 12.2. The molecule has 2 aromatic rings. The van der Waals surface area contributed by atoms with Crippen molar-refractivity contribution in [1.29, 1.82) is 0 Å². The highest BCUT2D eigenvalue weighted by Gasteiger charge is 2.34. The van der Waals surface area contributed by atoms with E-state index in [9.17, 15) is 14.4 Å². The topological polar surface area (TPSA) is 87.7 Å². The Bertz CT molecular complexity index is 849. The van der Waals surface area contributed by atoms with Gasteiger partial charge < -0.3 is 15.4 Å². The van der Waals surface area contributed by atoms with Crippen molar-refractivity contribution >= 4 is 35.1 Å². The number of hydrogen-bond donors (Lipinski definition) is 2. The van der Waals surface area contributed by atoms with Gasteiger partial charge >= 0.3 is 6.03 Å². The van der Waals surface area contributed by atoms with Gasteiger partial charge in [-0.15, -0.1) is 0 Å². The van der Waals surface area contributed by atoms with E-state index < -0.39 is 6.03 Å². The second-order valence-corrected chi connectivity index (χ2v) is 5.97. The molecule has 0 aliphatic carbocycles. The van der Waals surface area contributed by atoms with Crippen molar-refractivity contribution in [2.45, 2.75) is 0 Å². The Morgan fingerprint density at radius 1 is 1.12 bits per heavy atom. The van der Waals surface area contributed by atoms with Crippen LogP contribution in [0.1, 0.15) is 20.7 Å². The molecule has 0 aromatic heterocycles. The third kappa shape index (κ3) is 3.48. The highest BCUT2D eigenvalue weighted by Crippen LogP contribution is 2.27. The zero-order valence-electron chi connectivity index (χ0n) is 13.9. The summed E-state index contributed by atoms with van der Waals surface area (Å²) in [6.45, 7) is 0.187. The largest absolute Gasteiger partial charge is 0.495 e. The summed E-state index contributed by atoms with van der Waals surface area (Å²) in [4.78, 5) is 37.6. The molecule has 1 aliphatic rings. The number of carbonyl (C=O) groups excluding carboxylic acids is 3. The van der Waals surface area contributed by atoms with Crippen LogP contribution in [0.25, 0.3) is 0 Å². The number of rotatable bonds is 5. The number of halogens is 1. The number of ether oxygens (including phenoxy) is 1. The van der Waals surface area contributed by atoms with Gasteiger partial charge in [-0.05, 0) is 30.3 Å². The van der Waals surface area contributed by atoms with Crippen LogP contribution in [0.2, 0.25) is 5.02 Å². The SMILES string of the molecule is COc1ccc(Cl)cc1NC(=O)NCCN1C(=O)c2ccccc2C1=O. The summed E-state index contributed by atoms with van der Waals surface area (Å²) in [7, 11) is 1.48. The summed E-state index contributed by atoms with van der Waals surface area (Å²) in [6.07, 6.45) is 0. The van der Waals surface area contributed by atoms with Gasteiger partial charge in [0.2, 0.25) is 0 Å². The molecular formula is C18H16ClN3O4. The minimum absolute atomic E-state index is 0.0758. The number of anilines is 1. The van der Waals surface area contributed by atoms with Gasteiger partial charge in [0.25, 0.3) is 11.8 Å². The number of imide groups is 1. The molecule has 2 N–H and O–H groups in total. The van der Waals surface area contributed by atoms with Crippen LogP contribution in [0.15, 0.2) is 42.5 Å². The normalized spacial score (nSPS) is 12.8. The molecule has 8 heteroatoms.